The highest BCUT2D eigenvalue weighted by atomic mass is 16.1. The van der Waals surface area contributed by atoms with Gasteiger partial charge in [-0.15, -0.1) is 0 Å². The summed E-state index contributed by atoms with van der Waals surface area (Å²) in [5.74, 6) is 0.0463. The lowest BCUT2D eigenvalue weighted by Gasteiger charge is -2.11. The molecule has 0 spiro atoms. The molecule has 0 aliphatic carbocycles. The normalized spacial score (nSPS) is 10.1. The van der Waals surface area contributed by atoms with Crippen LogP contribution in [0.25, 0.3) is 0 Å². The Balaban J connectivity index is 3.14. The van der Waals surface area contributed by atoms with Crippen molar-refractivity contribution in [2.45, 2.75) is 13.8 Å². The number of carbonyl (C=O) groups is 1. The minimum Gasteiger partial charge on any atom is -0.368 e. The van der Waals surface area contributed by atoms with Gasteiger partial charge in [0.1, 0.15) is 5.82 Å². The molecule has 0 atom stereocenters. The van der Waals surface area contributed by atoms with Gasteiger partial charge in [-0.2, -0.15) is 0 Å². The Hall–Kier alpha value is -1.62. The predicted molar refractivity (Wildman–Crippen MR) is 59.8 cm³/mol. The maximum atomic E-state index is 11.2. The molecule has 1 heterocycles. The average Bonchev–Trinajstić information content (AvgIpc) is 2.12. The van der Waals surface area contributed by atoms with Crippen LogP contribution in [0.1, 0.15) is 21.6 Å². The Kier molecular flexibility index (Phi) is 3.62. The quantitative estimate of drug-likeness (QED) is 0.657. The van der Waals surface area contributed by atoms with Crippen molar-refractivity contribution in [2.75, 3.05) is 18.4 Å². The van der Waals surface area contributed by atoms with Gasteiger partial charge in [-0.25, -0.2) is 4.98 Å². The lowest BCUT2D eigenvalue weighted by molar-refractivity contribution is 0.1000. The topological polar surface area (TPSA) is 94.0 Å². The molecular formula is C10H16N4O. The summed E-state index contributed by atoms with van der Waals surface area (Å²) >= 11 is 0. The van der Waals surface area contributed by atoms with Gasteiger partial charge in [0.05, 0.1) is 5.56 Å². The largest absolute Gasteiger partial charge is 0.368 e. The highest BCUT2D eigenvalue weighted by molar-refractivity contribution is 5.99. The fourth-order valence-electron chi connectivity index (χ4n) is 1.47. The Morgan fingerprint density at radius 3 is 2.73 bits per heavy atom. The Morgan fingerprint density at radius 2 is 2.20 bits per heavy atom. The Labute approximate surface area is 88.9 Å². The van der Waals surface area contributed by atoms with Crippen molar-refractivity contribution in [1.29, 1.82) is 0 Å². The predicted octanol–water partition coefficient (Wildman–Crippen LogP) is 0.168. The molecule has 0 unspecified atom stereocenters. The molecule has 0 saturated carbocycles. The molecule has 1 rings (SSSR count). The maximum Gasteiger partial charge on any atom is 0.252 e. The zero-order chi connectivity index (χ0) is 11.4. The highest BCUT2D eigenvalue weighted by Gasteiger charge is 2.13. The summed E-state index contributed by atoms with van der Waals surface area (Å²) in [6, 6.07) is 1.83. The van der Waals surface area contributed by atoms with E-state index in [1.807, 2.05) is 19.9 Å². The van der Waals surface area contributed by atoms with Crippen LogP contribution in [0, 0.1) is 13.8 Å². The molecule has 1 aromatic rings. The van der Waals surface area contributed by atoms with Crippen LogP contribution < -0.4 is 16.8 Å². The van der Waals surface area contributed by atoms with Crippen LogP contribution in [0.3, 0.4) is 0 Å². The van der Waals surface area contributed by atoms with Crippen molar-refractivity contribution in [1.82, 2.24) is 4.98 Å². The first-order chi connectivity index (χ1) is 7.06. The molecule has 0 aliphatic heterocycles. The second-order valence-electron chi connectivity index (χ2n) is 3.38. The van der Waals surface area contributed by atoms with Gasteiger partial charge in [-0.3, -0.25) is 4.79 Å². The van der Waals surface area contributed by atoms with Crippen LogP contribution in [0.15, 0.2) is 6.07 Å². The van der Waals surface area contributed by atoms with E-state index in [1.165, 1.54) is 0 Å². The number of primary amides is 1. The lowest BCUT2D eigenvalue weighted by Crippen LogP contribution is -2.20. The van der Waals surface area contributed by atoms with Gasteiger partial charge in [0.15, 0.2) is 0 Å². The third-order valence-corrected chi connectivity index (χ3v) is 2.03. The molecule has 82 valence electrons. The van der Waals surface area contributed by atoms with Crippen LogP contribution >= 0.6 is 0 Å². The van der Waals surface area contributed by atoms with Gasteiger partial charge < -0.3 is 16.8 Å². The van der Waals surface area contributed by atoms with Crippen LogP contribution in [0.4, 0.5) is 5.82 Å². The van der Waals surface area contributed by atoms with E-state index in [4.69, 9.17) is 11.5 Å². The van der Waals surface area contributed by atoms with E-state index in [9.17, 15) is 4.79 Å². The Morgan fingerprint density at radius 1 is 1.53 bits per heavy atom. The van der Waals surface area contributed by atoms with Crippen molar-refractivity contribution in [3.05, 3.63) is 22.9 Å². The molecule has 0 aliphatic rings. The van der Waals surface area contributed by atoms with E-state index in [0.29, 0.717) is 24.5 Å². The third-order valence-electron chi connectivity index (χ3n) is 2.03. The molecular weight excluding hydrogens is 192 g/mol. The molecule has 1 amide bonds. The molecule has 0 radical (unpaired) electrons. The number of carbonyl (C=O) groups excluding carboxylic acids is 1. The summed E-state index contributed by atoms with van der Waals surface area (Å²) in [6.07, 6.45) is 0. The van der Waals surface area contributed by atoms with Crippen LogP contribution in [0.5, 0.6) is 0 Å². The van der Waals surface area contributed by atoms with E-state index in [-0.39, 0.29) is 0 Å². The number of nitrogens with two attached hydrogens (primary N) is 2. The number of anilines is 1. The molecule has 5 N–H and O–H groups in total. The molecule has 1 aromatic heterocycles. The summed E-state index contributed by atoms with van der Waals surface area (Å²) in [5, 5.41) is 2.99. The fourth-order valence-corrected chi connectivity index (χ4v) is 1.47. The molecule has 0 fully saturated rings. The smallest absolute Gasteiger partial charge is 0.252 e. The summed E-state index contributed by atoms with van der Waals surface area (Å²) in [5.41, 5.74) is 12.8. The minimum atomic E-state index is -0.473. The van der Waals surface area contributed by atoms with Crippen molar-refractivity contribution in [2.24, 2.45) is 11.5 Å². The fraction of sp³-hybridized carbons (Fsp3) is 0.400. The van der Waals surface area contributed by atoms with Gasteiger partial charge in [-0.05, 0) is 25.5 Å². The van der Waals surface area contributed by atoms with Crippen LogP contribution in [-0.2, 0) is 0 Å². The number of nitrogens with zero attached hydrogens (tertiary/aromatic N) is 1. The minimum absolute atomic E-state index is 0.439. The molecule has 0 saturated heterocycles. The number of nitrogens with one attached hydrogen (secondary N) is 1. The SMILES string of the molecule is Cc1cc(C)c(C(N)=O)c(NCCN)n1. The molecule has 0 aromatic carbocycles. The van der Waals surface area contributed by atoms with E-state index in [2.05, 4.69) is 10.3 Å². The molecule has 5 nitrogen and oxygen atoms in total. The first-order valence-corrected chi connectivity index (χ1v) is 4.78. The number of amides is 1. The third kappa shape index (κ3) is 2.66. The zero-order valence-electron chi connectivity index (χ0n) is 9.00. The number of aromatic nitrogens is 1. The molecule has 15 heavy (non-hydrogen) atoms. The number of pyridine rings is 1. The first kappa shape index (κ1) is 11.5. The average molecular weight is 208 g/mol. The highest BCUT2D eigenvalue weighted by Crippen LogP contribution is 2.17. The second-order valence-corrected chi connectivity index (χ2v) is 3.38. The standard InChI is InChI=1S/C10H16N4O/c1-6-5-7(2)14-10(13-4-3-11)8(6)9(12)15/h5H,3-4,11H2,1-2H3,(H2,12,15)(H,13,14). The summed E-state index contributed by atoms with van der Waals surface area (Å²) in [7, 11) is 0. The van der Waals surface area contributed by atoms with Crippen molar-refractivity contribution >= 4 is 11.7 Å². The van der Waals surface area contributed by atoms with Crippen LogP contribution in [0.2, 0.25) is 0 Å². The van der Waals surface area contributed by atoms with Gasteiger partial charge in [-0.1, -0.05) is 0 Å². The summed E-state index contributed by atoms with van der Waals surface area (Å²) < 4.78 is 0. The van der Waals surface area contributed by atoms with Crippen molar-refractivity contribution in [3.63, 3.8) is 0 Å². The zero-order valence-corrected chi connectivity index (χ0v) is 9.00. The van der Waals surface area contributed by atoms with E-state index >= 15 is 0 Å². The van der Waals surface area contributed by atoms with Gasteiger partial charge >= 0.3 is 0 Å². The second kappa shape index (κ2) is 4.75. The molecule has 0 bridgehead atoms. The number of hydrogen-bond acceptors (Lipinski definition) is 4. The van der Waals surface area contributed by atoms with E-state index in [0.717, 1.165) is 11.3 Å². The number of rotatable bonds is 4. The van der Waals surface area contributed by atoms with Gasteiger partial charge in [0, 0.05) is 18.8 Å². The summed E-state index contributed by atoms with van der Waals surface area (Å²) in [6.45, 7) is 4.75. The van der Waals surface area contributed by atoms with Crippen LogP contribution in [-0.4, -0.2) is 24.0 Å². The first-order valence-electron chi connectivity index (χ1n) is 4.78. The van der Waals surface area contributed by atoms with E-state index in [1.54, 1.807) is 0 Å². The monoisotopic (exact) mass is 208 g/mol. The Bertz CT molecular complexity index is 376. The lowest BCUT2D eigenvalue weighted by atomic mass is 10.1. The maximum absolute atomic E-state index is 11.2. The summed E-state index contributed by atoms with van der Waals surface area (Å²) in [4.78, 5) is 15.5. The van der Waals surface area contributed by atoms with Crippen molar-refractivity contribution < 1.29 is 4.79 Å². The van der Waals surface area contributed by atoms with E-state index < -0.39 is 5.91 Å². The molecule has 5 heteroatoms. The van der Waals surface area contributed by atoms with Gasteiger partial charge in [0.2, 0.25) is 0 Å². The number of aryl methyl sites for hydroxylation is 2. The van der Waals surface area contributed by atoms with Crippen molar-refractivity contribution in [3.8, 4) is 0 Å². The number of hydrogen-bond donors (Lipinski definition) is 3. The van der Waals surface area contributed by atoms with Gasteiger partial charge in [0.25, 0.3) is 5.91 Å².